The van der Waals surface area contributed by atoms with Crippen LogP contribution in [-0.4, -0.2) is 34.0 Å². The van der Waals surface area contributed by atoms with E-state index < -0.39 is 6.10 Å². The number of para-hydroxylation sites is 1. The Labute approximate surface area is 199 Å². The molecule has 1 aromatic heterocycles. The number of aryl methyl sites for hydroxylation is 1. The minimum atomic E-state index is -0.483. The van der Waals surface area contributed by atoms with Crippen molar-refractivity contribution in [3.63, 3.8) is 0 Å². The number of carbonyl (C=O) groups is 1. The van der Waals surface area contributed by atoms with Gasteiger partial charge in [0.25, 0.3) is 0 Å². The van der Waals surface area contributed by atoms with Crippen LogP contribution in [0, 0.1) is 11.7 Å². The van der Waals surface area contributed by atoms with E-state index in [2.05, 4.69) is 11.1 Å². The van der Waals surface area contributed by atoms with E-state index in [9.17, 15) is 14.3 Å². The zero-order valence-electron chi connectivity index (χ0n) is 19.1. The van der Waals surface area contributed by atoms with Crippen LogP contribution in [0.3, 0.4) is 0 Å². The summed E-state index contributed by atoms with van der Waals surface area (Å²) < 4.78 is 13.5. The molecular weight excluding hydrogens is 427 g/mol. The summed E-state index contributed by atoms with van der Waals surface area (Å²) in [6.45, 7) is 1.35. The molecule has 4 nitrogen and oxygen atoms in total. The van der Waals surface area contributed by atoms with E-state index in [1.807, 2.05) is 53.4 Å². The highest BCUT2D eigenvalue weighted by molar-refractivity contribution is 5.91. The second-order valence-electron chi connectivity index (χ2n) is 9.10. The Bertz CT molecular complexity index is 1260. The van der Waals surface area contributed by atoms with Crippen molar-refractivity contribution >= 4 is 16.8 Å². The fourth-order valence-electron chi connectivity index (χ4n) is 5.10. The average Bonchev–Trinajstić information content (AvgIpc) is 3.26. The van der Waals surface area contributed by atoms with E-state index in [4.69, 9.17) is 0 Å². The number of rotatable bonds is 6. The van der Waals surface area contributed by atoms with Crippen molar-refractivity contribution in [2.24, 2.45) is 5.92 Å². The molecule has 0 spiro atoms. The van der Waals surface area contributed by atoms with Crippen molar-refractivity contribution in [1.82, 2.24) is 9.88 Å². The average molecular weight is 457 g/mol. The summed E-state index contributed by atoms with van der Waals surface area (Å²) in [5, 5.41) is 11.8. The second-order valence-corrected chi connectivity index (χ2v) is 9.10. The molecule has 1 saturated heterocycles. The summed E-state index contributed by atoms with van der Waals surface area (Å²) in [5.41, 5.74) is 4.90. The molecule has 0 radical (unpaired) electrons. The first-order valence-corrected chi connectivity index (χ1v) is 12.0. The van der Waals surface area contributed by atoms with Crippen LogP contribution in [0.2, 0.25) is 0 Å². The van der Waals surface area contributed by atoms with E-state index >= 15 is 0 Å². The normalized spacial score (nSPS) is 15.5. The van der Waals surface area contributed by atoms with Gasteiger partial charge in [0.15, 0.2) is 0 Å². The van der Waals surface area contributed by atoms with Gasteiger partial charge in [0.1, 0.15) is 5.82 Å². The summed E-state index contributed by atoms with van der Waals surface area (Å²) in [6.07, 6.45) is 2.15. The van der Waals surface area contributed by atoms with Crippen LogP contribution in [0.5, 0.6) is 0 Å². The first-order valence-electron chi connectivity index (χ1n) is 12.0. The lowest BCUT2D eigenvalue weighted by molar-refractivity contribution is -0.133. The summed E-state index contributed by atoms with van der Waals surface area (Å²) in [5.74, 6) is 0.0468. The van der Waals surface area contributed by atoms with E-state index in [0.717, 1.165) is 46.1 Å². The Morgan fingerprint density at radius 1 is 0.971 bits per heavy atom. The van der Waals surface area contributed by atoms with Gasteiger partial charge < -0.3 is 15.0 Å². The van der Waals surface area contributed by atoms with E-state index in [1.165, 1.54) is 12.1 Å². The van der Waals surface area contributed by atoms with Gasteiger partial charge in [-0.2, -0.15) is 0 Å². The fourth-order valence-corrected chi connectivity index (χ4v) is 5.10. The van der Waals surface area contributed by atoms with Crippen molar-refractivity contribution in [3.8, 4) is 11.3 Å². The third-order valence-corrected chi connectivity index (χ3v) is 7.02. The smallest absolute Gasteiger partial charge is 0.222 e. The van der Waals surface area contributed by atoms with Crippen molar-refractivity contribution in [2.45, 2.75) is 31.8 Å². The first kappa shape index (κ1) is 22.4. The zero-order valence-corrected chi connectivity index (χ0v) is 19.1. The highest BCUT2D eigenvalue weighted by Crippen LogP contribution is 2.33. The fraction of sp³-hybridized carbons (Fsp3) is 0.276. The van der Waals surface area contributed by atoms with E-state index in [0.29, 0.717) is 25.9 Å². The van der Waals surface area contributed by atoms with Gasteiger partial charge in [-0.15, -0.1) is 0 Å². The summed E-state index contributed by atoms with van der Waals surface area (Å²) in [4.78, 5) is 18.5. The monoisotopic (exact) mass is 456 g/mol. The third kappa shape index (κ3) is 4.62. The molecule has 4 aromatic rings. The number of hydrogen-bond donors (Lipinski definition) is 2. The quantitative estimate of drug-likeness (QED) is 0.381. The number of aliphatic hydroxyl groups is 1. The number of carbonyl (C=O) groups excluding carboxylic acids is 1. The predicted octanol–water partition coefficient (Wildman–Crippen LogP) is 5.88. The van der Waals surface area contributed by atoms with E-state index in [1.54, 1.807) is 12.1 Å². The van der Waals surface area contributed by atoms with Gasteiger partial charge >= 0.3 is 0 Å². The molecule has 3 aromatic carbocycles. The number of aromatic nitrogens is 1. The van der Waals surface area contributed by atoms with Crippen LogP contribution in [0.15, 0.2) is 78.9 Å². The predicted molar refractivity (Wildman–Crippen MR) is 133 cm³/mol. The zero-order chi connectivity index (χ0) is 23.5. The summed E-state index contributed by atoms with van der Waals surface area (Å²) >= 11 is 0. The van der Waals surface area contributed by atoms with Crippen LogP contribution < -0.4 is 0 Å². The number of aromatic amines is 1. The number of likely N-dealkylation sites (tertiary alicyclic amines) is 1. The maximum atomic E-state index is 13.5. The molecule has 0 saturated carbocycles. The largest absolute Gasteiger partial charge is 0.388 e. The molecule has 0 aliphatic carbocycles. The molecule has 1 aliphatic heterocycles. The molecule has 34 heavy (non-hydrogen) atoms. The summed E-state index contributed by atoms with van der Waals surface area (Å²) in [7, 11) is 0. The van der Waals surface area contributed by atoms with Gasteiger partial charge in [0, 0.05) is 36.1 Å². The third-order valence-electron chi connectivity index (χ3n) is 7.02. The number of halogens is 1. The minimum absolute atomic E-state index is 0.142. The van der Waals surface area contributed by atoms with Crippen molar-refractivity contribution < 1.29 is 14.3 Å². The molecule has 5 rings (SSSR count). The number of hydrogen-bond acceptors (Lipinski definition) is 2. The van der Waals surface area contributed by atoms with Crippen LogP contribution in [0.25, 0.3) is 22.2 Å². The van der Waals surface area contributed by atoms with Gasteiger partial charge in [-0.1, -0.05) is 48.5 Å². The number of aliphatic hydroxyl groups excluding tert-OH is 1. The highest BCUT2D eigenvalue weighted by Gasteiger charge is 2.28. The minimum Gasteiger partial charge on any atom is -0.388 e. The molecule has 2 heterocycles. The number of amides is 1. The Balaban J connectivity index is 1.26. The maximum Gasteiger partial charge on any atom is 0.222 e. The number of nitrogens with one attached hydrogen (secondary N) is 1. The molecule has 1 amide bonds. The van der Waals surface area contributed by atoms with Crippen LogP contribution in [0.1, 0.15) is 36.5 Å². The molecule has 0 bridgehead atoms. The van der Waals surface area contributed by atoms with Crippen LogP contribution >= 0.6 is 0 Å². The number of H-pyrrole nitrogens is 1. The Hall–Kier alpha value is -3.44. The van der Waals surface area contributed by atoms with Gasteiger partial charge in [-0.05, 0) is 72.2 Å². The lowest BCUT2D eigenvalue weighted by atomic mass is 9.87. The number of nitrogens with zero attached hydrogens (tertiary/aromatic N) is 1. The maximum absolute atomic E-state index is 13.5. The van der Waals surface area contributed by atoms with Gasteiger partial charge in [0.05, 0.1) is 6.10 Å². The van der Waals surface area contributed by atoms with Crippen molar-refractivity contribution in [3.05, 3.63) is 95.8 Å². The number of fused-ring (bicyclic) bond motifs is 1. The molecule has 1 atom stereocenters. The van der Waals surface area contributed by atoms with Gasteiger partial charge in [0.2, 0.25) is 5.91 Å². The molecule has 1 unspecified atom stereocenters. The van der Waals surface area contributed by atoms with Crippen molar-refractivity contribution in [2.75, 3.05) is 13.1 Å². The molecule has 1 fully saturated rings. The lowest BCUT2D eigenvalue weighted by Crippen LogP contribution is -2.39. The Kier molecular flexibility index (Phi) is 6.45. The molecule has 1 aliphatic rings. The van der Waals surface area contributed by atoms with E-state index in [-0.39, 0.29) is 17.6 Å². The number of piperidine rings is 1. The topological polar surface area (TPSA) is 56.3 Å². The number of benzene rings is 3. The Morgan fingerprint density at radius 3 is 2.38 bits per heavy atom. The second kappa shape index (κ2) is 9.82. The lowest BCUT2D eigenvalue weighted by Gasteiger charge is -2.34. The van der Waals surface area contributed by atoms with Crippen LogP contribution in [0.4, 0.5) is 4.39 Å². The molecule has 5 heteroatoms. The van der Waals surface area contributed by atoms with Crippen molar-refractivity contribution in [1.29, 1.82) is 0 Å². The molecule has 174 valence electrons. The van der Waals surface area contributed by atoms with Gasteiger partial charge in [-0.25, -0.2) is 4.39 Å². The molecule has 2 N–H and O–H groups in total. The standard InChI is InChI=1S/C29H29FN2O2/c30-23-12-10-20(11-13-23)28-25(24-8-4-5-9-26(24)31-28)14-15-27(33)32-18-16-22(17-19-32)29(34)21-6-2-1-3-7-21/h1-13,22,29,31,34H,14-19H2. The van der Waals surface area contributed by atoms with Gasteiger partial charge in [-0.3, -0.25) is 4.79 Å². The Morgan fingerprint density at radius 2 is 1.65 bits per heavy atom. The highest BCUT2D eigenvalue weighted by atomic mass is 19.1. The SMILES string of the molecule is O=C(CCc1c(-c2ccc(F)cc2)[nH]c2ccccc12)N1CCC(C(O)c2ccccc2)CC1. The summed E-state index contributed by atoms with van der Waals surface area (Å²) in [6, 6.07) is 24.3. The van der Waals surface area contributed by atoms with Crippen LogP contribution in [-0.2, 0) is 11.2 Å². The molecular formula is C29H29FN2O2. The first-order chi connectivity index (χ1) is 16.6.